The number of carbonyl (C=O) groups excluding carboxylic acids is 1. The van der Waals surface area contributed by atoms with E-state index in [0.717, 1.165) is 24.2 Å². The van der Waals surface area contributed by atoms with Crippen molar-refractivity contribution in [2.75, 3.05) is 18.5 Å². The molecule has 2 N–H and O–H groups in total. The molecule has 1 fully saturated rings. The van der Waals surface area contributed by atoms with Gasteiger partial charge in [0, 0.05) is 12.2 Å². The highest BCUT2D eigenvalue weighted by atomic mass is 16.5. The third-order valence-corrected chi connectivity index (χ3v) is 4.18. The summed E-state index contributed by atoms with van der Waals surface area (Å²) in [5.74, 6) is 1.50. The zero-order valence-corrected chi connectivity index (χ0v) is 13.7. The van der Waals surface area contributed by atoms with E-state index in [2.05, 4.69) is 5.32 Å². The fraction of sp³-hybridized carbons (Fsp3) is 0.316. The summed E-state index contributed by atoms with van der Waals surface area (Å²) in [6.45, 7) is 2.71. The lowest BCUT2D eigenvalue weighted by atomic mass is 10.2. The molecular weight excluding hydrogens is 304 g/mol. The number of aliphatic hydroxyl groups excluding tert-OH is 1. The zero-order chi connectivity index (χ0) is 16.9. The molecule has 0 radical (unpaired) electrons. The Bertz CT molecular complexity index is 700. The van der Waals surface area contributed by atoms with E-state index >= 15 is 0 Å². The molecule has 0 bridgehead atoms. The molecule has 24 heavy (non-hydrogen) atoms. The number of rotatable bonds is 4. The van der Waals surface area contributed by atoms with Crippen LogP contribution in [0.5, 0.6) is 11.5 Å². The highest BCUT2D eigenvalue weighted by molar-refractivity contribution is 5.89. The SMILES string of the molecule is Cc1cccc(Oc2ccc(NC(=O)N3CCC[C@@H]3CO)cc2)c1. The minimum atomic E-state index is -0.168. The van der Waals surface area contributed by atoms with Gasteiger partial charge in [0.05, 0.1) is 12.6 Å². The molecule has 1 saturated heterocycles. The number of carbonyl (C=O) groups is 1. The van der Waals surface area contributed by atoms with E-state index in [1.54, 1.807) is 4.90 Å². The minimum Gasteiger partial charge on any atom is -0.457 e. The predicted octanol–water partition coefficient (Wildman–Crippen LogP) is 3.78. The van der Waals surface area contributed by atoms with E-state index in [1.165, 1.54) is 0 Å². The Balaban J connectivity index is 1.61. The van der Waals surface area contributed by atoms with Crippen molar-refractivity contribution in [3.63, 3.8) is 0 Å². The highest BCUT2D eigenvalue weighted by Gasteiger charge is 2.27. The van der Waals surface area contributed by atoms with E-state index in [1.807, 2.05) is 55.5 Å². The number of urea groups is 1. The molecule has 2 aromatic rings. The molecule has 0 aromatic heterocycles. The van der Waals surface area contributed by atoms with Gasteiger partial charge < -0.3 is 20.1 Å². The van der Waals surface area contributed by atoms with Crippen molar-refractivity contribution in [3.8, 4) is 11.5 Å². The first kappa shape index (κ1) is 16.3. The number of aryl methyl sites for hydroxylation is 1. The van der Waals surface area contributed by atoms with Crippen LogP contribution in [0.1, 0.15) is 18.4 Å². The van der Waals surface area contributed by atoms with Crippen LogP contribution in [0.25, 0.3) is 0 Å². The molecule has 0 saturated carbocycles. The lowest BCUT2D eigenvalue weighted by molar-refractivity contribution is 0.166. The van der Waals surface area contributed by atoms with Crippen molar-refractivity contribution in [3.05, 3.63) is 54.1 Å². The highest BCUT2D eigenvalue weighted by Crippen LogP contribution is 2.24. The van der Waals surface area contributed by atoms with Gasteiger partial charge in [0.15, 0.2) is 0 Å². The molecule has 5 heteroatoms. The second-order valence-electron chi connectivity index (χ2n) is 6.05. The number of likely N-dealkylation sites (tertiary alicyclic amines) is 1. The molecule has 1 aliphatic heterocycles. The fourth-order valence-corrected chi connectivity index (χ4v) is 2.91. The average molecular weight is 326 g/mol. The van der Waals surface area contributed by atoms with Crippen LogP contribution in [0.3, 0.4) is 0 Å². The number of anilines is 1. The molecule has 0 unspecified atom stereocenters. The molecule has 3 rings (SSSR count). The third kappa shape index (κ3) is 3.86. The maximum absolute atomic E-state index is 12.3. The molecule has 126 valence electrons. The second-order valence-corrected chi connectivity index (χ2v) is 6.05. The molecule has 2 aromatic carbocycles. The number of ether oxygens (including phenoxy) is 1. The van der Waals surface area contributed by atoms with Crippen LogP contribution in [0.4, 0.5) is 10.5 Å². The zero-order valence-electron chi connectivity index (χ0n) is 13.7. The summed E-state index contributed by atoms with van der Waals surface area (Å²) < 4.78 is 5.80. The maximum Gasteiger partial charge on any atom is 0.322 e. The van der Waals surface area contributed by atoms with Gasteiger partial charge in [-0.1, -0.05) is 12.1 Å². The van der Waals surface area contributed by atoms with Crippen LogP contribution in [0.15, 0.2) is 48.5 Å². The molecule has 1 heterocycles. The summed E-state index contributed by atoms with van der Waals surface area (Å²) in [7, 11) is 0. The minimum absolute atomic E-state index is 0.0106. The van der Waals surface area contributed by atoms with Gasteiger partial charge in [-0.15, -0.1) is 0 Å². The second kappa shape index (κ2) is 7.36. The van der Waals surface area contributed by atoms with Gasteiger partial charge in [0.2, 0.25) is 0 Å². The third-order valence-electron chi connectivity index (χ3n) is 4.18. The van der Waals surface area contributed by atoms with E-state index in [0.29, 0.717) is 18.0 Å². The normalized spacial score (nSPS) is 16.9. The monoisotopic (exact) mass is 326 g/mol. The quantitative estimate of drug-likeness (QED) is 0.899. The van der Waals surface area contributed by atoms with Crippen LogP contribution in [0.2, 0.25) is 0 Å². The standard InChI is InChI=1S/C19H22N2O3/c1-14-4-2-6-18(12-14)24-17-9-7-15(8-10-17)20-19(23)21-11-3-5-16(21)13-22/h2,4,6-10,12,16,22H,3,5,11,13H2,1H3,(H,20,23)/t16-/m1/s1. The number of benzene rings is 2. The number of aliphatic hydroxyl groups is 1. The van der Waals surface area contributed by atoms with Crippen LogP contribution < -0.4 is 10.1 Å². The summed E-state index contributed by atoms with van der Waals surface area (Å²) in [4.78, 5) is 14.0. The molecule has 2 amide bonds. The molecule has 1 atom stereocenters. The largest absolute Gasteiger partial charge is 0.457 e. The number of nitrogens with one attached hydrogen (secondary N) is 1. The Hall–Kier alpha value is -2.53. The predicted molar refractivity (Wildman–Crippen MR) is 93.5 cm³/mol. The summed E-state index contributed by atoms with van der Waals surface area (Å²) in [6, 6.07) is 14.9. The Morgan fingerprint density at radius 2 is 2.04 bits per heavy atom. The topological polar surface area (TPSA) is 61.8 Å². The summed E-state index contributed by atoms with van der Waals surface area (Å²) in [6.07, 6.45) is 1.79. The smallest absolute Gasteiger partial charge is 0.322 e. The number of amides is 2. The van der Waals surface area contributed by atoms with E-state index < -0.39 is 0 Å². The first-order chi connectivity index (χ1) is 11.7. The summed E-state index contributed by atoms with van der Waals surface area (Å²) >= 11 is 0. The lowest BCUT2D eigenvalue weighted by Crippen LogP contribution is -2.40. The Labute approximate surface area is 141 Å². The maximum atomic E-state index is 12.3. The van der Waals surface area contributed by atoms with Gasteiger partial charge in [0.1, 0.15) is 11.5 Å². The van der Waals surface area contributed by atoms with Gasteiger partial charge in [-0.05, 0) is 61.7 Å². The average Bonchev–Trinajstić information content (AvgIpc) is 3.05. The summed E-state index contributed by atoms with van der Waals surface area (Å²) in [5, 5.41) is 12.2. The number of hydrogen-bond donors (Lipinski definition) is 2. The van der Waals surface area contributed by atoms with Crippen LogP contribution in [-0.4, -0.2) is 35.2 Å². The fourth-order valence-electron chi connectivity index (χ4n) is 2.91. The van der Waals surface area contributed by atoms with Gasteiger partial charge >= 0.3 is 6.03 Å². The van der Waals surface area contributed by atoms with Crippen LogP contribution >= 0.6 is 0 Å². The van der Waals surface area contributed by atoms with Gasteiger partial charge in [-0.25, -0.2) is 4.79 Å². The van der Waals surface area contributed by atoms with Gasteiger partial charge in [-0.2, -0.15) is 0 Å². The molecule has 1 aliphatic rings. The lowest BCUT2D eigenvalue weighted by Gasteiger charge is -2.23. The molecule has 0 aliphatic carbocycles. The number of hydrogen-bond acceptors (Lipinski definition) is 3. The van der Waals surface area contributed by atoms with Crippen molar-refractivity contribution >= 4 is 11.7 Å². The van der Waals surface area contributed by atoms with Gasteiger partial charge in [0.25, 0.3) is 0 Å². The van der Waals surface area contributed by atoms with Crippen molar-refractivity contribution in [1.29, 1.82) is 0 Å². The molecule has 5 nitrogen and oxygen atoms in total. The van der Waals surface area contributed by atoms with Crippen molar-refractivity contribution in [2.45, 2.75) is 25.8 Å². The van der Waals surface area contributed by atoms with E-state index in [9.17, 15) is 9.90 Å². The molecule has 0 spiro atoms. The van der Waals surface area contributed by atoms with E-state index in [-0.39, 0.29) is 18.7 Å². The Morgan fingerprint density at radius 3 is 2.75 bits per heavy atom. The van der Waals surface area contributed by atoms with Crippen molar-refractivity contribution in [2.24, 2.45) is 0 Å². The molecular formula is C19H22N2O3. The van der Waals surface area contributed by atoms with Crippen molar-refractivity contribution < 1.29 is 14.6 Å². The van der Waals surface area contributed by atoms with Crippen molar-refractivity contribution in [1.82, 2.24) is 4.90 Å². The first-order valence-electron chi connectivity index (χ1n) is 8.19. The van der Waals surface area contributed by atoms with Crippen LogP contribution in [0, 0.1) is 6.92 Å². The Morgan fingerprint density at radius 1 is 1.25 bits per heavy atom. The summed E-state index contributed by atoms with van der Waals surface area (Å²) in [5.41, 5.74) is 1.85. The number of nitrogens with zero attached hydrogens (tertiary/aromatic N) is 1. The van der Waals surface area contributed by atoms with Gasteiger partial charge in [-0.3, -0.25) is 0 Å². The van der Waals surface area contributed by atoms with E-state index in [4.69, 9.17) is 4.74 Å². The Kier molecular flexibility index (Phi) is 5.01. The first-order valence-corrected chi connectivity index (χ1v) is 8.19. The van der Waals surface area contributed by atoms with Crippen LogP contribution in [-0.2, 0) is 0 Å².